The van der Waals surface area contributed by atoms with Crippen LogP contribution in [0.3, 0.4) is 0 Å². The van der Waals surface area contributed by atoms with Crippen molar-refractivity contribution in [2.45, 2.75) is 26.7 Å². The van der Waals surface area contributed by atoms with Gasteiger partial charge >= 0.3 is 0 Å². The quantitative estimate of drug-likeness (QED) is 0.941. The van der Waals surface area contributed by atoms with Crippen LogP contribution >= 0.6 is 0 Å². The van der Waals surface area contributed by atoms with Gasteiger partial charge in [0.25, 0.3) is 5.91 Å². The Balaban J connectivity index is 1.70. The molecule has 0 saturated carbocycles. The molecule has 0 spiro atoms. The van der Waals surface area contributed by atoms with Crippen molar-refractivity contribution < 1.29 is 9.21 Å². The van der Waals surface area contributed by atoms with Crippen molar-refractivity contribution in [2.24, 2.45) is 0 Å². The van der Waals surface area contributed by atoms with Gasteiger partial charge in [0.05, 0.1) is 5.69 Å². The summed E-state index contributed by atoms with van der Waals surface area (Å²) in [6.07, 6.45) is 2.51. The number of amides is 1. The lowest BCUT2D eigenvalue weighted by molar-refractivity contribution is 0.0994. The van der Waals surface area contributed by atoms with Gasteiger partial charge in [-0.05, 0) is 44.0 Å². The summed E-state index contributed by atoms with van der Waals surface area (Å²) in [5.74, 6) is 0.514. The number of anilines is 2. The lowest BCUT2D eigenvalue weighted by atomic mass is 10.2. The second kappa shape index (κ2) is 5.60. The first-order chi connectivity index (χ1) is 10.1. The van der Waals surface area contributed by atoms with Gasteiger partial charge in [-0.3, -0.25) is 4.79 Å². The van der Waals surface area contributed by atoms with E-state index >= 15 is 0 Å². The molecule has 2 aromatic rings. The van der Waals surface area contributed by atoms with Gasteiger partial charge in [-0.15, -0.1) is 0 Å². The third-order valence-electron chi connectivity index (χ3n) is 3.71. The maximum absolute atomic E-state index is 12.1. The number of rotatable bonds is 3. The van der Waals surface area contributed by atoms with Crippen LogP contribution in [-0.2, 0) is 0 Å². The van der Waals surface area contributed by atoms with E-state index in [4.69, 9.17) is 4.42 Å². The van der Waals surface area contributed by atoms with Crippen molar-refractivity contribution in [3.05, 3.63) is 41.6 Å². The molecule has 0 bridgehead atoms. The molecule has 1 fully saturated rings. The van der Waals surface area contributed by atoms with E-state index in [9.17, 15) is 4.79 Å². The number of benzene rings is 1. The normalized spacial score (nSPS) is 14.5. The first kappa shape index (κ1) is 13.7. The van der Waals surface area contributed by atoms with E-state index in [1.807, 2.05) is 24.3 Å². The lowest BCUT2D eigenvalue weighted by Crippen LogP contribution is -2.17. The molecular formula is C16H19N3O2. The summed E-state index contributed by atoms with van der Waals surface area (Å²) in [4.78, 5) is 18.6. The third-order valence-corrected chi connectivity index (χ3v) is 3.71. The largest absolute Gasteiger partial charge is 0.436 e. The summed E-state index contributed by atoms with van der Waals surface area (Å²) < 4.78 is 5.32. The van der Waals surface area contributed by atoms with E-state index in [0.717, 1.165) is 18.8 Å². The van der Waals surface area contributed by atoms with Crippen molar-refractivity contribution in [3.63, 3.8) is 0 Å². The molecule has 1 saturated heterocycles. The van der Waals surface area contributed by atoms with E-state index in [-0.39, 0.29) is 11.7 Å². The highest BCUT2D eigenvalue weighted by Crippen LogP contribution is 2.22. The van der Waals surface area contributed by atoms with E-state index in [2.05, 4.69) is 15.2 Å². The maximum Gasteiger partial charge on any atom is 0.293 e. The summed E-state index contributed by atoms with van der Waals surface area (Å²) in [7, 11) is 0. The standard InChI is InChI=1S/C16H19N3O2/c1-11-15(21-12(2)17-11)16(20)18-13-5-7-14(8-6-13)19-9-3-4-10-19/h5-8H,3-4,9-10H2,1-2H3,(H,18,20). The highest BCUT2D eigenvalue weighted by atomic mass is 16.4. The van der Waals surface area contributed by atoms with Crippen LogP contribution in [0.4, 0.5) is 11.4 Å². The summed E-state index contributed by atoms with van der Waals surface area (Å²) >= 11 is 0. The number of aryl methyl sites for hydroxylation is 2. The van der Waals surface area contributed by atoms with Crippen LogP contribution in [0.2, 0.25) is 0 Å². The molecule has 1 amide bonds. The Kier molecular flexibility index (Phi) is 3.64. The molecule has 2 heterocycles. The third kappa shape index (κ3) is 2.91. The zero-order valence-corrected chi connectivity index (χ0v) is 12.3. The molecule has 3 rings (SSSR count). The molecule has 1 N–H and O–H groups in total. The van der Waals surface area contributed by atoms with Gasteiger partial charge in [-0.1, -0.05) is 0 Å². The smallest absolute Gasteiger partial charge is 0.293 e. The molecule has 21 heavy (non-hydrogen) atoms. The van der Waals surface area contributed by atoms with Crippen LogP contribution < -0.4 is 10.2 Å². The molecule has 1 aromatic heterocycles. The van der Waals surface area contributed by atoms with E-state index in [1.165, 1.54) is 18.5 Å². The van der Waals surface area contributed by atoms with Crippen LogP contribution in [0, 0.1) is 13.8 Å². The minimum atomic E-state index is -0.262. The number of aromatic nitrogens is 1. The highest BCUT2D eigenvalue weighted by molar-refractivity contribution is 6.03. The van der Waals surface area contributed by atoms with Gasteiger partial charge in [0, 0.05) is 31.4 Å². The monoisotopic (exact) mass is 285 g/mol. The Bertz CT molecular complexity index is 640. The van der Waals surface area contributed by atoms with Crippen molar-refractivity contribution in [1.82, 2.24) is 4.98 Å². The summed E-state index contributed by atoms with van der Waals surface area (Å²) in [6.45, 7) is 5.72. The average molecular weight is 285 g/mol. The van der Waals surface area contributed by atoms with Crippen LogP contribution in [0.1, 0.15) is 35.0 Å². The average Bonchev–Trinajstić information content (AvgIpc) is 3.09. The molecule has 0 radical (unpaired) electrons. The number of oxazole rings is 1. The molecule has 0 unspecified atom stereocenters. The molecule has 0 atom stereocenters. The number of hydrogen-bond acceptors (Lipinski definition) is 4. The fourth-order valence-electron chi connectivity index (χ4n) is 2.66. The van der Waals surface area contributed by atoms with Gasteiger partial charge in [0.1, 0.15) is 0 Å². The molecule has 1 aliphatic heterocycles. The minimum absolute atomic E-state index is 0.262. The Labute approximate surface area is 124 Å². The summed E-state index contributed by atoms with van der Waals surface area (Å²) in [5.41, 5.74) is 2.58. The topological polar surface area (TPSA) is 58.4 Å². The second-order valence-electron chi connectivity index (χ2n) is 5.34. The van der Waals surface area contributed by atoms with Gasteiger partial charge in [-0.25, -0.2) is 4.98 Å². The van der Waals surface area contributed by atoms with Gasteiger partial charge in [0.15, 0.2) is 5.89 Å². The maximum atomic E-state index is 12.1. The van der Waals surface area contributed by atoms with Crippen LogP contribution in [0.15, 0.2) is 28.7 Å². The zero-order chi connectivity index (χ0) is 14.8. The SMILES string of the molecule is Cc1nc(C)c(C(=O)Nc2ccc(N3CCCC3)cc2)o1. The number of nitrogens with zero attached hydrogens (tertiary/aromatic N) is 2. The van der Waals surface area contributed by atoms with Crippen LogP contribution in [0.5, 0.6) is 0 Å². The first-order valence-corrected chi connectivity index (χ1v) is 7.24. The van der Waals surface area contributed by atoms with Crippen molar-refractivity contribution in [2.75, 3.05) is 23.3 Å². The van der Waals surface area contributed by atoms with E-state index < -0.39 is 0 Å². The number of nitrogens with one attached hydrogen (secondary N) is 1. The lowest BCUT2D eigenvalue weighted by Gasteiger charge is -2.17. The molecule has 5 heteroatoms. The summed E-state index contributed by atoms with van der Waals surface area (Å²) in [6, 6.07) is 7.92. The second-order valence-corrected chi connectivity index (χ2v) is 5.34. The van der Waals surface area contributed by atoms with Gasteiger partial charge < -0.3 is 14.6 Å². The number of carbonyl (C=O) groups excluding carboxylic acids is 1. The van der Waals surface area contributed by atoms with Gasteiger partial charge in [0.2, 0.25) is 5.76 Å². The van der Waals surface area contributed by atoms with Gasteiger partial charge in [-0.2, -0.15) is 0 Å². The molecule has 1 aliphatic rings. The highest BCUT2D eigenvalue weighted by Gasteiger charge is 2.16. The van der Waals surface area contributed by atoms with Crippen LogP contribution in [-0.4, -0.2) is 24.0 Å². The molecule has 1 aromatic carbocycles. The van der Waals surface area contributed by atoms with E-state index in [0.29, 0.717) is 11.6 Å². The Morgan fingerprint density at radius 3 is 2.43 bits per heavy atom. The minimum Gasteiger partial charge on any atom is -0.436 e. The predicted molar refractivity (Wildman–Crippen MR) is 81.8 cm³/mol. The van der Waals surface area contributed by atoms with Crippen molar-refractivity contribution >= 4 is 17.3 Å². The van der Waals surface area contributed by atoms with Crippen LogP contribution in [0.25, 0.3) is 0 Å². The molecular weight excluding hydrogens is 266 g/mol. The number of carbonyl (C=O) groups is 1. The molecule has 0 aliphatic carbocycles. The fourth-order valence-corrected chi connectivity index (χ4v) is 2.66. The van der Waals surface area contributed by atoms with Crippen molar-refractivity contribution in [1.29, 1.82) is 0 Å². The Morgan fingerprint density at radius 2 is 1.86 bits per heavy atom. The Morgan fingerprint density at radius 1 is 1.19 bits per heavy atom. The van der Waals surface area contributed by atoms with E-state index in [1.54, 1.807) is 13.8 Å². The molecule has 110 valence electrons. The first-order valence-electron chi connectivity index (χ1n) is 7.24. The zero-order valence-electron chi connectivity index (χ0n) is 12.3. The fraction of sp³-hybridized carbons (Fsp3) is 0.375. The molecule has 5 nitrogen and oxygen atoms in total. The van der Waals surface area contributed by atoms with Crippen molar-refractivity contribution in [3.8, 4) is 0 Å². The predicted octanol–water partition coefficient (Wildman–Crippen LogP) is 3.14. The number of hydrogen-bond donors (Lipinski definition) is 1. The Hall–Kier alpha value is -2.30. The summed E-state index contributed by atoms with van der Waals surface area (Å²) in [5, 5.41) is 2.84.